The maximum atomic E-state index is 12.2. The first kappa shape index (κ1) is 17.4. The fraction of sp³-hybridized carbons (Fsp3) is 0.600. The summed E-state index contributed by atoms with van der Waals surface area (Å²) in [5, 5.41) is 10.0. The zero-order chi connectivity index (χ0) is 16.2. The first-order valence-electron chi connectivity index (χ1n) is 7.43. The van der Waals surface area contributed by atoms with Gasteiger partial charge in [-0.1, -0.05) is 6.07 Å². The van der Waals surface area contributed by atoms with E-state index in [0.717, 1.165) is 24.2 Å². The number of sulfonamides is 1. The van der Waals surface area contributed by atoms with Gasteiger partial charge in [-0.2, -0.15) is 0 Å². The second kappa shape index (κ2) is 7.52. The molecule has 1 aliphatic rings. The van der Waals surface area contributed by atoms with Gasteiger partial charge in [0.1, 0.15) is 0 Å². The molecule has 1 saturated heterocycles. The van der Waals surface area contributed by atoms with Gasteiger partial charge in [-0.15, -0.1) is 0 Å². The number of aryl methyl sites for hydroxylation is 2. The van der Waals surface area contributed by atoms with Crippen molar-refractivity contribution in [2.75, 3.05) is 39.4 Å². The highest BCUT2D eigenvalue weighted by molar-refractivity contribution is 7.89. The first-order chi connectivity index (χ1) is 10.4. The standard InChI is InChI=1S/C15H24N2O4S/c1-12-3-4-15(9-13(12)2)22(19,20)16-10-14(18)11-17-5-7-21-8-6-17/h3-4,9,14,16,18H,5-8,10-11H2,1-2H3. The van der Waals surface area contributed by atoms with Crippen LogP contribution in [0.2, 0.25) is 0 Å². The van der Waals surface area contributed by atoms with E-state index >= 15 is 0 Å². The summed E-state index contributed by atoms with van der Waals surface area (Å²) in [7, 11) is -3.59. The Bertz CT molecular complexity index is 598. The van der Waals surface area contributed by atoms with E-state index in [-0.39, 0.29) is 11.4 Å². The maximum absolute atomic E-state index is 12.2. The molecular weight excluding hydrogens is 304 g/mol. The molecule has 1 unspecified atom stereocenters. The monoisotopic (exact) mass is 328 g/mol. The van der Waals surface area contributed by atoms with Crippen molar-refractivity contribution < 1.29 is 18.3 Å². The molecule has 1 aromatic rings. The van der Waals surface area contributed by atoms with Crippen LogP contribution in [0.4, 0.5) is 0 Å². The van der Waals surface area contributed by atoms with Crippen LogP contribution >= 0.6 is 0 Å². The summed E-state index contributed by atoms with van der Waals surface area (Å²) in [6, 6.07) is 5.01. The van der Waals surface area contributed by atoms with E-state index in [1.165, 1.54) is 0 Å². The van der Waals surface area contributed by atoms with Gasteiger partial charge in [0.2, 0.25) is 10.0 Å². The van der Waals surface area contributed by atoms with Crippen LogP contribution in [0.15, 0.2) is 23.1 Å². The number of aliphatic hydroxyl groups is 1. The molecule has 124 valence electrons. The van der Waals surface area contributed by atoms with E-state index in [9.17, 15) is 13.5 Å². The fourth-order valence-electron chi connectivity index (χ4n) is 2.32. The molecule has 2 N–H and O–H groups in total. The Balaban J connectivity index is 1.89. The third-order valence-corrected chi connectivity index (χ3v) is 5.29. The van der Waals surface area contributed by atoms with Gasteiger partial charge in [-0.25, -0.2) is 13.1 Å². The SMILES string of the molecule is Cc1ccc(S(=O)(=O)NCC(O)CN2CCOCC2)cc1C. The Morgan fingerprint density at radius 2 is 1.95 bits per heavy atom. The van der Waals surface area contributed by atoms with E-state index in [4.69, 9.17) is 4.74 Å². The Morgan fingerprint density at radius 1 is 1.27 bits per heavy atom. The van der Waals surface area contributed by atoms with Crippen LogP contribution in [0.1, 0.15) is 11.1 Å². The Labute approximate surface area is 132 Å². The molecular formula is C15H24N2O4S. The Hall–Kier alpha value is -0.990. The molecule has 22 heavy (non-hydrogen) atoms. The molecule has 0 saturated carbocycles. The van der Waals surface area contributed by atoms with Crippen LogP contribution in [0.3, 0.4) is 0 Å². The summed E-state index contributed by atoms with van der Waals surface area (Å²) < 4.78 is 32.2. The minimum absolute atomic E-state index is 0.00656. The fourth-order valence-corrected chi connectivity index (χ4v) is 3.47. The van der Waals surface area contributed by atoms with Crippen molar-refractivity contribution >= 4 is 10.0 Å². The van der Waals surface area contributed by atoms with Gasteiger partial charge in [-0.3, -0.25) is 4.90 Å². The molecule has 2 rings (SSSR count). The number of ether oxygens (including phenoxy) is 1. The average molecular weight is 328 g/mol. The number of hydrogen-bond donors (Lipinski definition) is 2. The van der Waals surface area contributed by atoms with E-state index < -0.39 is 16.1 Å². The average Bonchev–Trinajstić information content (AvgIpc) is 2.49. The molecule has 0 amide bonds. The lowest BCUT2D eigenvalue weighted by molar-refractivity contribution is 0.0158. The van der Waals surface area contributed by atoms with E-state index in [2.05, 4.69) is 9.62 Å². The molecule has 0 spiro atoms. The van der Waals surface area contributed by atoms with Crippen molar-refractivity contribution in [1.29, 1.82) is 0 Å². The molecule has 7 heteroatoms. The quantitative estimate of drug-likeness (QED) is 0.784. The van der Waals surface area contributed by atoms with Gasteiger partial charge < -0.3 is 9.84 Å². The predicted octanol–water partition coefficient (Wildman–Crippen LogP) is 0.275. The largest absolute Gasteiger partial charge is 0.390 e. The van der Waals surface area contributed by atoms with Crippen LogP contribution in [0.5, 0.6) is 0 Å². The molecule has 0 aromatic heterocycles. The molecule has 1 aromatic carbocycles. The third kappa shape index (κ3) is 4.76. The van der Waals surface area contributed by atoms with Crippen LogP contribution in [-0.4, -0.2) is 63.9 Å². The van der Waals surface area contributed by atoms with Gasteiger partial charge in [0.25, 0.3) is 0 Å². The van der Waals surface area contributed by atoms with Crippen molar-refractivity contribution in [2.24, 2.45) is 0 Å². The van der Waals surface area contributed by atoms with Crippen LogP contribution < -0.4 is 4.72 Å². The Morgan fingerprint density at radius 3 is 2.59 bits per heavy atom. The summed E-state index contributed by atoms with van der Waals surface area (Å²) in [5.41, 5.74) is 1.98. The Kier molecular flexibility index (Phi) is 5.94. The highest BCUT2D eigenvalue weighted by Gasteiger charge is 2.19. The smallest absolute Gasteiger partial charge is 0.240 e. The zero-order valence-corrected chi connectivity index (χ0v) is 13.9. The number of nitrogens with one attached hydrogen (secondary N) is 1. The zero-order valence-electron chi connectivity index (χ0n) is 13.1. The van der Waals surface area contributed by atoms with E-state index in [1.54, 1.807) is 18.2 Å². The third-order valence-electron chi connectivity index (χ3n) is 3.87. The lowest BCUT2D eigenvalue weighted by atomic mass is 10.1. The molecule has 1 fully saturated rings. The highest BCUT2D eigenvalue weighted by Crippen LogP contribution is 2.14. The normalized spacial score (nSPS) is 18.3. The number of aliphatic hydroxyl groups excluding tert-OH is 1. The van der Waals surface area contributed by atoms with Crippen molar-refractivity contribution in [3.8, 4) is 0 Å². The van der Waals surface area contributed by atoms with Crippen molar-refractivity contribution in [3.05, 3.63) is 29.3 Å². The summed E-state index contributed by atoms with van der Waals surface area (Å²) in [6.07, 6.45) is -0.737. The summed E-state index contributed by atoms with van der Waals surface area (Å²) in [6.45, 7) is 7.10. The lowest BCUT2D eigenvalue weighted by Gasteiger charge is -2.28. The second-order valence-electron chi connectivity index (χ2n) is 5.66. The number of nitrogens with zero attached hydrogens (tertiary/aromatic N) is 1. The van der Waals surface area contributed by atoms with Crippen molar-refractivity contribution in [3.63, 3.8) is 0 Å². The predicted molar refractivity (Wildman–Crippen MR) is 84.4 cm³/mol. The molecule has 0 radical (unpaired) electrons. The summed E-state index contributed by atoms with van der Waals surface area (Å²) in [5.74, 6) is 0. The number of benzene rings is 1. The molecule has 1 atom stereocenters. The topological polar surface area (TPSA) is 78.9 Å². The number of hydrogen-bond acceptors (Lipinski definition) is 5. The summed E-state index contributed by atoms with van der Waals surface area (Å²) >= 11 is 0. The minimum atomic E-state index is -3.59. The van der Waals surface area contributed by atoms with Gasteiger partial charge in [0.15, 0.2) is 0 Å². The molecule has 1 heterocycles. The summed E-state index contributed by atoms with van der Waals surface area (Å²) in [4.78, 5) is 2.30. The van der Waals surface area contributed by atoms with E-state index in [1.807, 2.05) is 13.8 Å². The molecule has 0 bridgehead atoms. The molecule has 6 nitrogen and oxygen atoms in total. The molecule has 0 aliphatic carbocycles. The number of rotatable bonds is 6. The van der Waals surface area contributed by atoms with Gasteiger partial charge in [-0.05, 0) is 37.1 Å². The van der Waals surface area contributed by atoms with Crippen LogP contribution in [-0.2, 0) is 14.8 Å². The van der Waals surface area contributed by atoms with Crippen molar-refractivity contribution in [2.45, 2.75) is 24.8 Å². The second-order valence-corrected chi connectivity index (χ2v) is 7.43. The van der Waals surface area contributed by atoms with Gasteiger partial charge in [0, 0.05) is 26.2 Å². The molecule has 1 aliphatic heterocycles. The first-order valence-corrected chi connectivity index (χ1v) is 8.92. The highest BCUT2D eigenvalue weighted by atomic mass is 32.2. The maximum Gasteiger partial charge on any atom is 0.240 e. The van der Waals surface area contributed by atoms with Crippen molar-refractivity contribution in [1.82, 2.24) is 9.62 Å². The van der Waals surface area contributed by atoms with Crippen LogP contribution in [0, 0.1) is 13.8 Å². The number of morpholine rings is 1. The minimum Gasteiger partial charge on any atom is -0.390 e. The van der Waals surface area contributed by atoms with Gasteiger partial charge in [0.05, 0.1) is 24.2 Å². The van der Waals surface area contributed by atoms with Crippen LogP contribution in [0.25, 0.3) is 0 Å². The number of β-amino-alcohol motifs (C(OH)–C–C–N with tert-alkyl or cyclic N) is 1. The van der Waals surface area contributed by atoms with E-state index in [0.29, 0.717) is 19.8 Å². The van der Waals surface area contributed by atoms with Gasteiger partial charge >= 0.3 is 0 Å². The lowest BCUT2D eigenvalue weighted by Crippen LogP contribution is -2.44.